The summed E-state index contributed by atoms with van der Waals surface area (Å²) in [6.45, 7) is 1.60. The quantitative estimate of drug-likeness (QED) is 0.481. The summed E-state index contributed by atoms with van der Waals surface area (Å²) in [4.78, 5) is 18.5. The first-order valence-corrected chi connectivity index (χ1v) is 6.64. The molecule has 1 N–H and O–H groups in total. The van der Waals surface area contributed by atoms with Crippen molar-refractivity contribution >= 4 is 11.7 Å². The molecule has 0 amide bonds. The van der Waals surface area contributed by atoms with Crippen molar-refractivity contribution in [3.8, 4) is 5.75 Å². The number of benzene rings is 1. The van der Waals surface area contributed by atoms with E-state index in [9.17, 15) is 4.79 Å². The molecule has 1 aromatic carbocycles. The van der Waals surface area contributed by atoms with Crippen molar-refractivity contribution in [3.05, 3.63) is 41.6 Å². The molecule has 0 unspecified atom stereocenters. The van der Waals surface area contributed by atoms with Crippen LogP contribution in [0.25, 0.3) is 0 Å². The number of oxime groups is 1. The summed E-state index contributed by atoms with van der Waals surface area (Å²) in [5.41, 5.74) is 1.77. The maximum Gasteiger partial charge on any atom is 0.369 e. The monoisotopic (exact) mass is 289 g/mol. The molecule has 0 bridgehead atoms. The number of rotatable bonds is 6. The number of ether oxygens (including phenoxy) is 1. The average Bonchev–Trinajstić information content (AvgIpc) is 2.85. The lowest BCUT2D eigenvalue weighted by atomic mass is 10.0. The minimum Gasteiger partial charge on any atom is -0.497 e. The van der Waals surface area contributed by atoms with Gasteiger partial charge in [-0.3, -0.25) is 0 Å². The average molecular weight is 289 g/mol. The number of nitrogens with one attached hydrogen (secondary N) is 1. The topological polar surface area (TPSA) is 63.2 Å². The molecule has 0 saturated carbocycles. The predicted octanol–water partition coefficient (Wildman–Crippen LogP) is 0.991. The summed E-state index contributed by atoms with van der Waals surface area (Å²) >= 11 is 0. The summed E-state index contributed by atoms with van der Waals surface area (Å²) in [5.74, 6) is 0.303. The van der Waals surface area contributed by atoms with Crippen LogP contribution in [0.2, 0.25) is 0 Å². The third kappa shape index (κ3) is 3.82. The lowest BCUT2D eigenvalue weighted by molar-refractivity contribution is -0.136. The van der Waals surface area contributed by atoms with Crippen LogP contribution in [0.4, 0.5) is 0 Å². The molecule has 0 spiro atoms. The van der Waals surface area contributed by atoms with E-state index in [1.807, 2.05) is 38.4 Å². The Morgan fingerprint density at radius 2 is 2.05 bits per heavy atom. The molecule has 2 rings (SSSR count). The molecule has 21 heavy (non-hydrogen) atoms. The number of carbonyl (C=O) groups is 1. The van der Waals surface area contributed by atoms with E-state index in [2.05, 4.69) is 15.4 Å². The summed E-state index contributed by atoms with van der Waals surface area (Å²) in [7, 11) is 5.58. The van der Waals surface area contributed by atoms with Gasteiger partial charge in [0.05, 0.1) is 7.11 Å². The van der Waals surface area contributed by atoms with E-state index in [-0.39, 0.29) is 0 Å². The Balaban J connectivity index is 2.10. The Hall–Kier alpha value is -2.34. The third-order valence-corrected chi connectivity index (χ3v) is 3.01. The van der Waals surface area contributed by atoms with E-state index in [1.54, 1.807) is 13.3 Å². The van der Waals surface area contributed by atoms with E-state index < -0.39 is 5.97 Å². The zero-order valence-electron chi connectivity index (χ0n) is 12.4. The molecule has 0 saturated heterocycles. The van der Waals surface area contributed by atoms with Crippen molar-refractivity contribution in [1.29, 1.82) is 0 Å². The molecule has 112 valence electrons. The van der Waals surface area contributed by atoms with Crippen LogP contribution < -0.4 is 10.1 Å². The van der Waals surface area contributed by atoms with Gasteiger partial charge in [0.1, 0.15) is 17.0 Å². The molecule has 0 atom stereocenters. The second kappa shape index (κ2) is 6.90. The second-order valence-corrected chi connectivity index (χ2v) is 4.86. The Labute approximate surface area is 124 Å². The minimum absolute atomic E-state index is 0.430. The molecule has 1 aliphatic heterocycles. The van der Waals surface area contributed by atoms with Gasteiger partial charge in [-0.2, -0.15) is 0 Å². The van der Waals surface area contributed by atoms with Gasteiger partial charge >= 0.3 is 5.97 Å². The van der Waals surface area contributed by atoms with Gasteiger partial charge in [0.2, 0.25) is 0 Å². The van der Waals surface area contributed by atoms with Crippen LogP contribution >= 0.6 is 0 Å². The van der Waals surface area contributed by atoms with E-state index in [1.165, 1.54) is 0 Å². The number of likely N-dealkylation sites (N-methyl/N-ethyl adjacent to an activating group) is 1. The first-order valence-electron chi connectivity index (χ1n) is 6.64. The SMILES string of the molecule is COc1ccc(C2=NOC(=O)C2=CNCCN(C)C)cc1. The molecule has 6 nitrogen and oxygen atoms in total. The number of hydrogen-bond acceptors (Lipinski definition) is 6. The first-order chi connectivity index (χ1) is 10.1. The molecular weight excluding hydrogens is 270 g/mol. The number of nitrogens with zero attached hydrogens (tertiary/aromatic N) is 2. The number of carbonyl (C=O) groups excluding carboxylic acids is 1. The highest BCUT2D eigenvalue weighted by Crippen LogP contribution is 2.19. The number of hydrogen-bond donors (Lipinski definition) is 1. The van der Waals surface area contributed by atoms with Crippen molar-refractivity contribution < 1.29 is 14.4 Å². The van der Waals surface area contributed by atoms with Gasteiger partial charge in [-0.1, -0.05) is 5.16 Å². The van der Waals surface area contributed by atoms with E-state index in [4.69, 9.17) is 9.57 Å². The summed E-state index contributed by atoms with van der Waals surface area (Å²) in [5, 5.41) is 6.95. The van der Waals surface area contributed by atoms with Crippen molar-refractivity contribution in [2.75, 3.05) is 34.3 Å². The third-order valence-electron chi connectivity index (χ3n) is 3.01. The molecule has 1 heterocycles. The van der Waals surface area contributed by atoms with Crippen LogP contribution in [0.15, 0.2) is 41.2 Å². The Kier molecular flexibility index (Phi) is 4.94. The smallest absolute Gasteiger partial charge is 0.369 e. The normalized spacial score (nSPS) is 16.1. The summed E-state index contributed by atoms with van der Waals surface area (Å²) in [6, 6.07) is 7.32. The van der Waals surface area contributed by atoms with E-state index in [0.717, 1.165) is 24.4 Å². The molecule has 0 aromatic heterocycles. The van der Waals surface area contributed by atoms with Gasteiger partial charge in [-0.15, -0.1) is 0 Å². The zero-order chi connectivity index (χ0) is 15.2. The molecule has 1 aliphatic rings. The molecule has 6 heteroatoms. The van der Waals surface area contributed by atoms with Gasteiger partial charge in [0, 0.05) is 24.9 Å². The maximum atomic E-state index is 11.7. The van der Waals surface area contributed by atoms with E-state index in [0.29, 0.717) is 11.3 Å². The lowest BCUT2D eigenvalue weighted by Gasteiger charge is -2.09. The zero-order valence-corrected chi connectivity index (χ0v) is 12.4. The summed E-state index contributed by atoms with van der Waals surface area (Å²) < 4.78 is 5.11. The van der Waals surface area contributed by atoms with Crippen molar-refractivity contribution in [1.82, 2.24) is 10.2 Å². The largest absolute Gasteiger partial charge is 0.497 e. The first kappa shape index (κ1) is 15.1. The highest BCUT2D eigenvalue weighted by molar-refractivity contribution is 6.28. The minimum atomic E-state index is -0.446. The fraction of sp³-hybridized carbons (Fsp3) is 0.333. The number of methoxy groups -OCH3 is 1. The summed E-state index contributed by atoms with van der Waals surface area (Å²) in [6.07, 6.45) is 1.65. The van der Waals surface area contributed by atoms with Gasteiger partial charge < -0.3 is 19.8 Å². The maximum absolute atomic E-state index is 11.7. The lowest BCUT2D eigenvalue weighted by Crippen LogP contribution is -2.24. The van der Waals surface area contributed by atoms with Gasteiger partial charge in [-0.25, -0.2) is 4.79 Å². The van der Waals surface area contributed by atoms with Crippen LogP contribution in [0.3, 0.4) is 0 Å². The van der Waals surface area contributed by atoms with Gasteiger partial charge in [0.25, 0.3) is 0 Å². The Bertz CT molecular complexity index is 562. The fourth-order valence-electron chi connectivity index (χ4n) is 1.83. The highest BCUT2D eigenvalue weighted by Gasteiger charge is 2.26. The van der Waals surface area contributed by atoms with Crippen molar-refractivity contribution in [2.45, 2.75) is 0 Å². The van der Waals surface area contributed by atoms with Gasteiger partial charge in [-0.05, 0) is 38.4 Å². The van der Waals surface area contributed by atoms with Gasteiger partial charge in [0.15, 0.2) is 0 Å². The van der Waals surface area contributed by atoms with Crippen molar-refractivity contribution in [2.24, 2.45) is 5.16 Å². The fourth-order valence-corrected chi connectivity index (χ4v) is 1.83. The molecule has 0 fully saturated rings. The second-order valence-electron chi connectivity index (χ2n) is 4.86. The van der Waals surface area contributed by atoms with Crippen LogP contribution in [-0.4, -0.2) is 50.9 Å². The molecular formula is C15H19N3O3. The predicted molar refractivity (Wildman–Crippen MR) is 80.3 cm³/mol. The Morgan fingerprint density at radius 3 is 2.67 bits per heavy atom. The van der Waals surface area contributed by atoms with E-state index >= 15 is 0 Å². The molecule has 0 aliphatic carbocycles. The molecule has 1 aromatic rings. The highest BCUT2D eigenvalue weighted by atomic mass is 16.7. The van der Waals surface area contributed by atoms with Crippen LogP contribution in [0.1, 0.15) is 5.56 Å². The van der Waals surface area contributed by atoms with Crippen LogP contribution in [0, 0.1) is 0 Å². The van der Waals surface area contributed by atoms with Crippen molar-refractivity contribution in [3.63, 3.8) is 0 Å². The Morgan fingerprint density at radius 1 is 1.33 bits per heavy atom. The van der Waals surface area contributed by atoms with Crippen LogP contribution in [0.5, 0.6) is 5.75 Å². The standard InChI is InChI=1S/C15H19N3O3/c1-18(2)9-8-16-10-13-14(17-21-15(13)19)11-4-6-12(20-3)7-5-11/h4-7,10,16H,8-9H2,1-3H3. The molecule has 0 radical (unpaired) electrons. The van der Waals surface area contributed by atoms with Crippen LogP contribution in [-0.2, 0) is 9.63 Å².